The van der Waals surface area contributed by atoms with E-state index >= 15 is 0 Å². The van der Waals surface area contributed by atoms with Gasteiger partial charge in [0.25, 0.3) is 0 Å². The lowest BCUT2D eigenvalue weighted by atomic mass is 10.1. The van der Waals surface area contributed by atoms with Gasteiger partial charge in [-0.15, -0.1) is 0 Å². The fraction of sp³-hybridized carbons (Fsp3) is 0.385. The number of benzene rings is 2. The van der Waals surface area contributed by atoms with Crippen LogP contribution in [0.5, 0.6) is 23.0 Å². The van der Waals surface area contributed by atoms with Crippen LogP contribution in [0, 0.1) is 45.3 Å². The van der Waals surface area contributed by atoms with Crippen LogP contribution in [0.25, 0.3) is 0 Å². The fourth-order valence-electron chi connectivity index (χ4n) is 2.40. The number of rotatable bonds is 10. The molecule has 0 spiro atoms. The van der Waals surface area contributed by atoms with Gasteiger partial charge in [0.2, 0.25) is 9.05 Å². The Bertz CT molecular complexity index is 1280. The first-order chi connectivity index (χ1) is 19.9. The zero-order valence-corrected chi connectivity index (χ0v) is 24.9. The Labute approximate surface area is 249 Å². The van der Waals surface area contributed by atoms with Crippen LogP contribution in [-0.2, 0) is 23.3 Å². The van der Waals surface area contributed by atoms with Crippen molar-refractivity contribution in [3.8, 4) is 47.3 Å². The summed E-state index contributed by atoms with van der Waals surface area (Å²) in [5.41, 5.74) is -0.0629. The normalized spacial score (nSPS) is 9.38. The van der Waals surface area contributed by atoms with E-state index in [9.17, 15) is 18.9 Å². The molecular formula is C26H31ClN4O10S. The Balaban J connectivity index is 0. The Morgan fingerprint density at radius 2 is 0.976 bits per heavy atom. The molecule has 0 saturated carbocycles. The topological polar surface area (TPSA) is 236 Å². The molecule has 228 valence electrons. The van der Waals surface area contributed by atoms with Gasteiger partial charge >= 0.3 is 0 Å². The number of nitriles is 4. The summed E-state index contributed by atoms with van der Waals surface area (Å²) in [6.45, 7) is 1.98. The molecule has 0 heterocycles. The van der Waals surface area contributed by atoms with E-state index in [2.05, 4.69) is 15.4 Å². The van der Waals surface area contributed by atoms with Gasteiger partial charge in [0.15, 0.2) is 0 Å². The van der Waals surface area contributed by atoms with Crippen molar-refractivity contribution in [1.29, 1.82) is 21.0 Å². The van der Waals surface area contributed by atoms with E-state index in [0.717, 1.165) is 18.4 Å². The van der Waals surface area contributed by atoms with Crippen LogP contribution in [-0.4, -0.2) is 91.0 Å². The van der Waals surface area contributed by atoms with Gasteiger partial charge in [0.1, 0.15) is 82.7 Å². The molecule has 14 nitrogen and oxygen atoms in total. The molecule has 0 aromatic heterocycles. The molecule has 2 rings (SSSR count). The van der Waals surface area contributed by atoms with E-state index in [1.165, 1.54) is 0 Å². The van der Waals surface area contributed by atoms with Crippen LogP contribution in [0.4, 0.5) is 0 Å². The number of aliphatic hydroxyl groups is 1. The minimum atomic E-state index is -3.19. The van der Waals surface area contributed by atoms with Gasteiger partial charge in [0, 0.05) is 32.0 Å². The predicted molar refractivity (Wildman–Crippen MR) is 149 cm³/mol. The van der Waals surface area contributed by atoms with Crippen LogP contribution in [0.3, 0.4) is 0 Å². The minimum absolute atomic E-state index is 0.122. The van der Waals surface area contributed by atoms with Crippen molar-refractivity contribution in [2.75, 3.05) is 67.2 Å². The molecule has 0 aliphatic heterocycles. The standard InChI is InChI=1S/C14H16N2O4.C8H4N2O2.C3H8O2.CH3ClO2S/c1-17-5-7-19-13-3-4-14(20-8-6-18-2)12(10-16)11(13)9-15;9-3-5-6(4-10)8(12)2-1-7(5)11;1-5-3-2-4;1-5(2,3)4/h3-4H,5-8H2,1-2H3;1-2,11-12H;4H,2-3H2,1H3;1H3. The summed E-state index contributed by atoms with van der Waals surface area (Å²) in [5.74, 6) is 0.0964. The fourth-order valence-corrected chi connectivity index (χ4v) is 2.40. The van der Waals surface area contributed by atoms with Crippen molar-refractivity contribution in [2.45, 2.75) is 0 Å². The van der Waals surface area contributed by atoms with E-state index in [4.69, 9.17) is 44.8 Å². The predicted octanol–water partition coefficient (Wildman–Crippen LogP) is 2.13. The highest BCUT2D eigenvalue weighted by molar-refractivity contribution is 8.13. The SMILES string of the molecule is COCCO.COCCOc1ccc(OCCOC)c(C#N)c1C#N.CS(=O)(=O)Cl.N#Cc1c(O)ccc(O)c1C#N. The number of hydrogen-bond acceptors (Lipinski definition) is 14. The van der Waals surface area contributed by atoms with E-state index < -0.39 is 9.05 Å². The number of hydrogen-bond donors (Lipinski definition) is 3. The van der Waals surface area contributed by atoms with E-state index in [0.29, 0.717) is 44.5 Å². The highest BCUT2D eigenvalue weighted by Gasteiger charge is 2.15. The maximum atomic E-state index is 9.40. The first-order valence-corrected chi connectivity index (χ1v) is 14.2. The van der Waals surface area contributed by atoms with Crippen LogP contribution in [0.15, 0.2) is 24.3 Å². The number of halogens is 1. The first-order valence-electron chi connectivity index (χ1n) is 11.5. The molecule has 42 heavy (non-hydrogen) atoms. The molecule has 2 aromatic rings. The third kappa shape index (κ3) is 17.4. The van der Waals surface area contributed by atoms with Gasteiger partial charge < -0.3 is 39.0 Å². The lowest BCUT2D eigenvalue weighted by Gasteiger charge is -2.12. The van der Waals surface area contributed by atoms with Crippen molar-refractivity contribution >= 4 is 19.7 Å². The smallest absolute Gasteiger partial charge is 0.229 e. The second kappa shape index (κ2) is 23.4. The third-order valence-electron chi connectivity index (χ3n) is 4.12. The Kier molecular flexibility index (Phi) is 22.2. The van der Waals surface area contributed by atoms with Crippen LogP contribution < -0.4 is 9.47 Å². The number of nitrogens with zero attached hydrogens (tertiary/aromatic N) is 4. The molecule has 0 bridgehead atoms. The van der Waals surface area contributed by atoms with Crippen molar-refractivity contribution in [3.05, 3.63) is 46.5 Å². The Hall–Kier alpha value is -4.32. The largest absolute Gasteiger partial charge is 0.507 e. The van der Waals surface area contributed by atoms with E-state index in [1.54, 1.807) is 45.6 Å². The molecule has 0 saturated heterocycles. The number of ether oxygens (including phenoxy) is 5. The van der Waals surface area contributed by atoms with Gasteiger partial charge in [-0.1, -0.05) is 0 Å². The maximum absolute atomic E-state index is 9.40. The summed E-state index contributed by atoms with van der Waals surface area (Å²) in [4.78, 5) is 0. The zero-order valence-electron chi connectivity index (χ0n) is 23.3. The molecular weight excluding hydrogens is 596 g/mol. The number of aliphatic hydroxyl groups excluding tert-OH is 1. The summed E-state index contributed by atoms with van der Waals surface area (Å²) in [6, 6.07) is 12.7. The average Bonchev–Trinajstić information content (AvgIpc) is 2.94. The van der Waals surface area contributed by atoms with E-state index in [1.807, 2.05) is 12.1 Å². The molecule has 3 N–H and O–H groups in total. The zero-order chi connectivity index (χ0) is 32.6. The van der Waals surface area contributed by atoms with Gasteiger partial charge in [0.05, 0.1) is 32.7 Å². The first kappa shape index (κ1) is 39.8. The highest BCUT2D eigenvalue weighted by Crippen LogP contribution is 2.29. The molecule has 0 radical (unpaired) electrons. The molecule has 0 aliphatic rings. The van der Waals surface area contributed by atoms with Crippen molar-refractivity contribution in [3.63, 3.8) is 0 Å². The van der Waals surface area contributed by atoms with Gasteiger partial charge in [-0.05, 0) is 24.3 Å². The third-order valence-corrected chi connectivity index (χ3v) is 4.12. The Morgan fingerprint density at radius 3 is 1.19 bits per heavy atom. The summed E-state index contributed by atoms with van der Waals surface area (Å²) >= 11 is 0. The number of aromatic hydroxyl groups is 2. The Morgan fingerprint density at radius 1 is 0.667 bits per heavy atom. The van der Waals surface area contributed by atoms with Gasteiger partial charge in [-0.25, -0.2) is 8.42 Å². The second-order valence-corrected chi connectivity index (χ2v) is 10.2. The molecule has 0 atom stereocenters. The average molecular weight is 627 g/mol. The molecule has 0 unspecified atom stereocenters. The highest BCUT2D eigenvalue weighted by atomic mass is 35.7. The number of phenols is 2. The van der Waals surface area contributed by atoms with E-state index in [-0.39, 0.29) is 40.4 Å². The van der Waals surface area contributed by atoms with Crippen molar-refractivity contribution in [2.24, 2.45) is 0 Å². The molecule has 0 amide bonds. The second-order valence-electron chi connectivity index (χ2n) is 7.19. The number of phenolic OH excluding ortho intramolecular Hbond substituents is 2. The lowest BCUT2D eigenvalue weighted by molar-refractivity contribution is 0.135. The van der Waals surface area contributed by atoms with Crippen LogP contribution in [0.2, 0.25) is 0 Å². The molecule has 0 fully saturated rings. The summed E-state index contributed by atoms with van der Waals surface area (Å²) in [6.07, 6.45) is 0.925. The molecule has 2 aromatic carbocycles. The molecule has 0 aliphatic carbocycles. The van der Waals surface area contributed by atoms with Gasteiger partial charge in [-0.3, -0.25) is 0 Å². The maximum Gasteiger partial charge on any atom is 0.229 e. The van der Waals surface area contributed by atoms with Crippen LogP contribution in [0.1, 0.15) is 22.3 Å². The summed E-state index contributed by atoms with van der Waals surface area (Å²) < 4.78 is 43.8. The minimum Gasteiger partial charge on any atom is -0.507 e. The van der Waals surface area contributed by atoms with Crippen LogP contribution >= 0.6 is 10.7 Å². The lowest BCUT2D eigenvalue weighted by Crippen LogP contribution is -2.08. The number of methoxy groups -OCH3 is 3. The van der Waals surface area contributed by atoms with Crippen molar-refractivity contribution < 1.29 is 47.4 Å². The quantitative estimate of drug-likeness (QED) is 0.194. The van der Waals surface area contributed by atoms with Crippen molar-refractivity contribution in [1.82, 2.24) is 0 Å². The summed E-state index contributed by atoms with van der Waals surface area (Å²) in [7, 11) is 5.97. The van der Waals surface area contributed by atoms with Gasteiger partial charge in [-0.2, -0.15) is 21.0 Å². The monoisotopic (exact) mass is 626 g/mol. The molecule has 16 heteroatoms. The summed E-state index contributed by atoms with van der Waals surface area (Å²) in [5, 5.41) is 61.4.